The number of rotatable bonds is 0. The van der Waals surface area contributed by atoms with Gasteiger partial charge in [0.2, 0.25) is 5.91 Å². The smallest absolute Gasteiger partial charge is 0.850 e. The Hall–Kier alpha value is 0.826. The molecule has 1 heterocycles. The van der Waals surface area contributed by atoms with E-state index in [0.29, 0.717) is 79.3 Å². The fourth-order valence-electron chi connectivity index (χ4n) is 1.32. The van der Waals surface area contributed by atoms with Gasteiger partial charge in [-0.25, -0.2) is 0 Å². The van der Waals surface area contributed by atoms with Crippen LogP contribution < -0.4 is 56.5 Å². The van der Waals surface area contributed by atoms with Gasteiger partial charge in [-0.2, -0.15) is 0 Å². The maximum atomic E-state index is 10.1. The van der Waals surface area contributed by atoms with Gasteiger partial charge in [0.15, 0.2) is 0 Å². The summed E-state index contributed by atoms with van der Waals surface area (Å²) in [5.41, 5.74) is -0.750. The van der Waals surface area contributed by atoms with Crippen LogP contribution in [-0.2, 0) is 33.2 Å². The second-order valence-corrected chi connectivity index (χ2v) is 7.20. The van der Waals surface area contributed by atoms with Gasteiger partial charge in [-0.1, -0.05) is 20.8 Å². The molecular formula is C20H42KNO8. The summed E-state index contributed by atoms with van der Waals surface area (Å²) in [4.78, 5) is 11.6. The van der Waals surface area contributed by atoms with Crippen molar-refractivity contribution < 1.29 is 89.7 Å². The molecule has 9 nitrogen and oxygen atoms in total. The monoisotopic (exact) mass is 463 g/mol. The predicted molar refractivity (Wildman–Crippen MR) is 109 cm³/mol. The van der Waals surface area contributed by atoms with Crippen molar-refractivity contribution >= 4 is 5.91 Å². The molecule has 1 rings (SSSR count). The Kier molecular flexibility index (Phi) is 30.8. The van der Waals surface area contributed by atoms with E-state index in [1.54, 1.807) is 34.9 Å². The van der Waals surface area contributed by atoms with Gasteiger partial charge >= 0.3 is 51.4 Å². The summed E-state index contributed by atoms with van der Waals surface area (Å²) in [7, 11) is 3.45. The van der Waals surface area contributed by atoms with Crippen LogP contribution in [-0.4, -0.2) is 110 Å². The first-order valence-corrected chi connectivity index (χ1v) is 9.99. The van der Waals surface area contributed by atoms with Crippen molar-refractivity contribution in [3.05, 3.63) is 0 Å². The van der Waals surface area contributed by atoms with E-state index >= 15 is 0 Å². The molecule has 30 heavy (non-hydrogen) atoms. The summed E-state index contributed by atoms with van der Waals surface area (Å²) in [5.74, 6) is 0.0926. The molecule has 0 spiro atoms. The number of hydrogen-bond acceptors (Lipinski definition) is 8. The van der Waals surface area contributed by atoms with Crippen LogP contribution in [0.1, 0.15) is 27.7 Å². The molecule has 0 bridgehead atoms. The molecule has 0 aromatic carbocycles. The molecule has 0 unspecified atom stereocenters. The van der Waals surface area contributed by atoms with E-state index in [9.17, 15) is 9.90 Å². The van der Waals surface area contributed by atoms with E-state index in [1.807, 2.05) is 0 Å². The minimum Gasteiger partial charge on any atom is -0.850 e. The van der Waals surface area contributed by atoms with Gasteiger partial charge in [0.1, 0.15) is 0 Å². The van der Waals surface area contributed by atoms with Crippen LogP contribution in [0.25, 0.3) is 0 Å². The number of ether oxygens (including phenoxy) is 6. The summed E-state index contributed by atoms with van der Waals surface area (Å²) in [6.45, 7) is 13.5. The molecule has 0 aliphatic carbocycles. The Labute approximate surface area is 225 Å². The summed E-state index contributed by atoms with van der Waals surface area (Å²) >= 11 is 0. The maximum Gasteiger partial charge on any atom is 1.00 e. The van der Waals surface area contributed by atoms with Crippen molar-refractivity contribution in [2.75, 3.05) is 93.4 Å². The van der Waals surface area contributed by atoms with Crippen LogP contribution in [0.4, 0.5) is 0 Å². The quantitative estimate of drug-likeness (QED) is 0.359. The van der Waals surface area contributed by atoms with Crippen molar-refractivity contribution in [2.45, 2.75) is 33.3 Å². The van der Waals surface area contributed by atoms with Gasteiger partial charge in [0.05, 0.1) is 79.3 Å². The molecule has 1 aliphatic heterocycles. The minimum atomic E-state index is -0.750. The van der Waals surface area contributed by atoms with Gasteiger partial charge in [0, 0.05) is 21.0 Å². The topological polar surface area (TPSA) is 98.8 Å². The average Bonchev–Trinajstić information content (AvgIpc) is 2.61. The molecule has 0 atom stereocenters. The van der Waals surface area contributed by atoms with Crippen LogP contribution in [0.2, 0.25) is 0 Å². The van der Waals surface area contributed by atoms with Gasteiger partial charge in [0.25, 0.3) is 0 Å². The van der Waals surface area contributed by atoms with E-state index in [-0.39, 0.29) is 57.3 Å². The molecule has 0 N–H and O–H groups in total. The Bertz CT molecular complexity index is 273. The van der Waals surface area contributed by atoms with Gasteiger partial charge in [-0.05, 0) is 0 Å². The third kappa shape index (κ3) is 42.8. The number of carbonyl (C=O) groups excluding carboxylic acids is 1. The van der Waals surface area contributed by atoms with E-state index in [4.69, 9.17) is 28.4 Å². The van der Waals surface area contributed by atoms with Crippen molar-refractivity contribution in [3.8, 4) is 0 Å². The maximum absolute atomic E-state index is 10.1. The van der Waals surface area contributed by atoms with Crippen LogP contribution in [0.5, 0.6) is 0 Å². The van der Waals surface area contributed by atoms with E-state index in [2.05, 4.69) is 0 Å². The molecule has 0 radical (unpaired) electrons. The fraction of sp³-hybridized carbons (Fsp3) is 0.950. The second-order valence-electron chi connectivity index (χ2n) is 7.20. The minimum absolute atomic E-state index is 0. The Balaban J connectivity index is -0.000000504. The molecule has 176 valence electrons. The first kappa shape index (κ1) is 35.4. The zero-order valence-electron chi connectivity index (χ0n) is 20.2. The van der Waals surface area contributed by atoms with Crippen LogP contribution in [0, 0.1) is 0 Å². The van der Waals surface area contributed by atoms with Crippen molar-refractivity contribution in [3.63, 3.8) is 0 Å². The molecular weight excluding hydrogens is 421 g/mol. The summed E-state index contributed by atoms with van der Waals surface area (Å²) in [5, 5.41) is 10.1. The molecule has 0 aromatic rings. The molecule has 0 aromatic heterocycles. The number of carbonyl (C=O) groups is 1. The zero-order valence-corrected chi connectivity index (χ0v) is 23.3. The Morgan fingerprint density at radius 3 is 0.800 bits per heavy atom. The van der Waals surface area contributed by atoms with E-state index in [0.717, 1.165) is 0 Å². The SMILES string of the molecule is C1COCCOCCOCCOCCOCCO1.CC(=O)N(C)C.CC(C)(C)[O-].[K+]. The van der Waals surface area contributed by atoms with E-state index in [1.165, 1.54) is 11.8 Å². The fourth-order valence-corrected chi connectivity index (χ4v) is 1.32. The van der Waals surface area contributed by atoms with Gasteiger partial charge in [-0.15, -0.1) is 5.60 Å². The van der Waals surface area contributed by atoms with Crippen LogP contribution >= 0.6 is 0 Å². The number of amides is 1. The first-order chi connectivity index (χ1) is 13.6. The van der Waals surface area contributed by atoms with Crippen molar-refractivity contribution in [2.24, 2.45) is 0 Å². The summed E-state index contributed by atoms with van der Waals surface area (Å²) in [6.07, 6.45) is 0. The normalized spacial score (nSPS) is 18.0. The molecule has 1 fully saturated rings. The molecule has 10 heteroatoms. The van der Waals surface area contributed by atoms with Crippen LogP contribution in [0.3, 0.4) is 0 Å². The molecule has 1 saturated heterocycles. The van der Waals surface area contributed by atoms with Crippen molar-refractivity contribution in [1.82, 2.24) is 4.90 Å². The number of nitrogens with zero attached hydrogens (tertiary/aromatic N) is 1. The summed E-state index contributed by atoms with van der Waals surface area (Å²) in [6, 6.07) is 0. The number of hydrogen-bond donors (Lipinski definition) is 0. The Morgan fingerprint density at radius 2 is 0.733 bits per heavy atom. The molecule has 0 saturated carbocycles. The van der Waals surface area contributed by atoms with Crippen LogP contribution in [0.15, 0.2) is 0 Å². The van der Waals surface area contributed by atoms with E-state index < -0.39 is 5.60 Å². The second kappa shape index (κ2) is 26.1. The largest absolute Gasteiger partial charge is 1.00 e. The van der Waals surface area contributed by atoms with Gasteiger partial charge in [-0.3, -0.25) is 4.79 Å². The standard InChI is InChI=1S/C12H24O6.C4H9NO.C4H9O.K/c1-2-14-5-6-16-9-10-18-12-11-17-8-7-15-4-3-13-1;1-4(6)5(2)3;1-4(2,3)5;/h1-12H2;1-3H3;1-3H3;/q;;-1;+1. The average molecular weight is 464 g/mol. The zero-order chi connectivity index (χ0) is 22.4. The first-order valence-electron chi connectivity index (χ1n) is 9.99. The molecule has 1 amide bonds. The van der Waals surface area contributed by atoms with Crippen molar-refractivity contribution in [1.29, 1.82) is 0 Å². The third-order valence-electron chi connectivity index (χ3n) is 2.86. The predicted octanol–water partition coefficient (Wildman–Crippen LogP) is -2.66. The molecule has 1 aliphatic rings. The van der Waals surface area contributed by atoms with Gasteiger partial charge < -0.3 is 38.4 Å². The summed E-state index contributed by atoms with van der Waals surface area (Å²) < 4.78 is 32.0. The Morgan fingerprint density at radius 1 is 0.633 bits per heavy atom. The third-order valence-corrected chi connectivity index (χ3v) is 2.86.